The molecule has 0 aromatic heterocycles. The lowest BCUT2D eigenvalue weighted by Crippen LogP contribution is -2.50. The average Bonchev–Trinajstić information content (AvgIpc) is 3.16. The largest absolute Gasteiger partial charge is 0.345 e. The number of fused-ring (bicyclic) bond motifs is 1. The van der Waals surface area contributed by atoms with Gasteiger partial charge < -0.3 is 18.9 Å². The summed E-state index contributed by atoms with van der Waals surface area (Å²) >= 11 is 0. The standard InChI is InChI=1S/C23H37NO5S/c1-7-8-14-17(24-30(25)22(2,3)4)18-19-20(29-23(5,6)28-19)21(27-18)26-15-16-12-10-9-11-13-16/h9-13,17-21,24H,7-8,14-15H2,1-6H3/t17-,18-,19+,20+,21+,30?/m0/s1. The van der Waals surface area contributed by atoms with Gasteiger partial charge in [0.2, 0.25) is 0 Å². The van der Waals surface area contributed by atoms with E-state index in [1.807, 2.05) is 65.0 Å². The van der Waals surface area contributed by atoms with Gasteiger partial charge in [-0.15, -0.1) is 0 Å². The highest BCUT2D eigenvalue weighted by Gasteiger charge is 2.57. The van der Waals surface area contributed by atoms with E-state index >= 15 is 0 Å². The van der Waals surface area contributed by atoms with Gasteiger partial charge in [0.15, 0.2) is 12.1 Å². The first kappa shape index (κ1) is 23.8. The molecule has 6 atom stereocenters. The molecule has 3 rings (SSSR count). The zero-order valence-corrected chi connectivity index (χ0v) is 19.9. The van der Waals surface area contributed by atoms with Crippen LogP contribution in [0.1, 0.15) is 66.4 Å². The molecule has 0 saturated carbocycles. The molecule has 30 heavy (non-hydrogen) atoms. The van der Waals surface area contributed by atoms with Gasteiger partial charge in [0, 0.05) is 6.04 Å². The van der Waals surface area contributed by atoms with Crippen LogP contribution in [0.5, 0.6) is 0 Å². The van der Waals surface area contributed by atoms with Crippen LogP contribution < -0.4 is 4.72 Å². The van der Waals surface area contributed by atoms with Crippen LogP contribution in [-0.2, 0) is 36.5 Å². The highest BCUT2D eigenvalue weighted by atomic mass is 32.2. The highest BCUT2D eigenvalue weighted by Crippen LogP contribution is 2.41. The molecule has 1 N–H and O–H groups in total. The molecule has 0 spiro atoms. The first-order valence-corrected chi connectivity index (χ1v) is 12.1. The molecule has 1 aromatic rings. The molecule has 0 aliphatic carbocycles. The minimum atomic E-state index is -1.21. The Bertz CT molecular complexity index is 705. The van der Waals surface area contributed by atoms with E-state index in [1.54, 1.807) is 0 Å². The molecule has 0 radical (unpaired) electrons. The lowest BCUT2D eigenvalue weighted by molar-refractivity contribution is -0.238. The number of rotatable bonds is 9. The van der Waals surface area contributed by atoms with E-state index in [0.717, 1.165) is 24.8 Å². The Kier molecular flexibility index (Phi) is 7.75. The van der Waals surface area contributed by atoms with Crippen molar-refractivity contribution in [2.24, 2.45) is 0 Å². The fraction of sp³-hybridized carbons (Fsp3) is 0.739. The molecule has 170 valence electrons. The van der Waals surface area contributed by atoms with Gasteiger partial charge in [0.05, 0.1) is 22.3 Å². The lowest BCUT2D eigenvalue weighted by atomic mass is 10.00. The Morgan fingerprint density at radius 1 is 1.17 bits per heavy atom. The fourth-order valence-electron chi connectivity index (χ4n) is 3.83. The number of unbranched alkanes of at least 4 members (excludes halogenated alkanes) is 1. The Morgan fingerprint density at radius 2 is 1.83 bits per heavy atom. The molecular weight excluding hydrogens is 402 g/mol. The van der Waals surface area contributed by atoms with Crippen molar-refractivity contribution in [1.82, 2.24) is 4.72 Å². The summed E-state index contributed by atoms with van der Waals surface area (Å²) in [6, 6.07) is 9.91. The highest BCUT2D eigenvalue weighted by molar-refractivity contribution is 7.84. The van der Waals surface area contributed by atoms with Gasteiger partial charge in [-0.25, -0.2) is 8.93 Å². The van der Waals surface area contributed by atoms with E-state index in [4.69, 9.17) is 18.9 Å². The smallest absolute Gasteiger partial charge is 0.187 e. The Morgan fingerprint density at radius 3 is 2.47 bits per heavy atom. The van der Waals surface area contributed by atoms with Crippen molar-refractivity contribution in [1.29, 1.82) is 0 Å². The molecule has 0 bridgehead atoms. The Hall–Kier alpha value is -0.830. The Balaban J connectivity index is 1.76. The molecule has 0 amide bonds. The summed E-state index contributed by atoms with van der Waals surface area (Å²) in [5.41, 5.74) is 1.08. The van der Waals surface area contributed by atoms with Crippen LogP contribution in [-0.4, -0.2) is 45.4 Å². The van der Waals surface area contributed by atoms with E-state index < -0.39 is 23.1 Å². The van der Waals surface area contributed by atoms with Crippen molar-refractivity contribution in [3.8, 4) is 0 Å². The summed E-state index contributed by atoms with van der Waals surface area (Å²) < 4.78 is 40.7. The molecule has 2 fully saturated rings. The number of nitrogens with one attached hydrogen (secondary N) is 1. The van der Waals surface area contributed by atoms with Crippen molar-refractivity contribution in [2.75, 3.05) is 0 Å². The summed E-state index contributed by atoms with van der Waals surface area (Å²) in [6.45, 7) is 12.3. The van der Waals surface area contributed by atoms with E-state index in [0.29, 0.717) is 6.61 Å². The molecule has 2 aliphatic heterocycles. The van der Waals surface area contributed by atoms with Crippen molar-refractivity contribution in [3.63, 3.8) is 0 Å². The molecule has 2 heterocycles. The number of ether oxygens (including phenoxy) is 4. The lowest BCUT2D eigenvalue weighted by Gasteiger charge is -2.31. The molecule has 2 aliphatic rings. The van der Waals surface area contributed by atoms with Crippen LogP contribution in [0.25, 0.3) is 0 Å². The fourth-order valence-corrected chi connectivity index (χ4v) is 4.71. The third-order valence-electron chi connectivity index (χ3n) is 5.38. The predicted octanol–water partition coefficient (Wildman–Crippen LogP) is 4.06. The molecule has 6 nitrogen and oxygen atoms in total. The van der Waals surface area contributed by atoms with Gasteiger partial charge >= 0.3 is 0 Å². The van der Waals surface area contributed by atoms with Crippen LogP contribution in [0.15, 0.2) is 30.3 Å². The van der Waals surface area contributed by atoms with Gasteiger partial charge in [-0.3, -0.25) is 0 Å². The van der Waals surface area contributed by atoms with Crippen LogP contribution in [0, 0.1) is 0 Å². The first-order chi connectivity index (χ1) is 14.1. The van der Waals surface area contributed by atoms with Crippen molar-refractivity contribution < 1.29 is 23.2 Å². The number of benzene rings is 1. The normalized spacial score (nSPS) is 30.2. The van der Waals surface area contributed by atoms with E-state index in [-0.39, 0.29) is 29.1 Å². The zero-order chi connectivity index (χ0) is 21.9. The SMILES string of the molecule is CCCC[C@H](NS(=O)C(C)(C)C)[C@@H]1O[C@@H](OCc2ccccc2)[C@@H]2OC(C)(C)O[C@H]12. The van der Waals surface area contributed by atoms with Crippen LogP contribution >= 0.6 is 0 Å². The van der Waals surface area contributed by atoms with Crippen molar-refractivity contribution in [2.45, 2.75) is 109 Å². The second-order valence-electron chi connectivity index (χ2n) is 9.58. The molecular formula is C23H37NO5S. The van der Waals surface area contributed by atoms with Crippen molar-refractivity contribution in [3.05, 3.63) is 35.9 Å². The molecule has 7 heteroatoms. The average molecular weight is 440 g/mol. The quantitative estimate of drug-likeness (QED) is 0.629. The number of hydrogen-bond donors (Lipinski definition) is 1. The monoisotopic (exact) mass is 439 g/mol. The van der Waals surface area contributed by atoms with Crippen molar-refractivity contribution >= 4 is 11.0 Å². The topological polar surface area (TPSA) is 66.0 Å². The van der Waals surface area contributed by atoms with Gasteiger partial charge in [-0.2, -0.15) is 0 Å². The summed E-state index contributed by atoms with van der Waals surface area (Å²) in [5.74, 6) is -0.704. The molecule has 1 unspecified atom stereocenters. The third kappa shape index (κ3) is 5.90. The maximum atomic E-state index is 12.8. The summed E-state index contributed by atoms with van der Waals surface area (Å²) in [7, 11) is -1.21. The van der Waals surface area contributed by atoms with Gasteiger partial charge in [0.25, 0.3) is 0 Å². The minimum absolute atomic E-state index is 0.111. The van der Waals surface area contributed by atoms with Gasteiger partial charge in [-0.1, -0.05) is 50.1 Å². The predicted molar refractivity (Wildman–Crippen MR) is 118 cm³/mol. The second-order valence-corrected chi connectivity index (χ2v) is 11.6. The first-order valence-electron chi connectivity index (χ1n) is 11.0. The van der Waals surface area contributed by atoms with Gasteiger partial charge in [-0.05, 0) is 46.6 Å². The summed E-state index contributed by atoms with van der Waals surface area (Å²) in [4.78, 5) is 0. The van der Waals surface area contributed by atoms with E-state index in [2.05, 4.69) is 11.6 Å². The zero-order valence-electron chi connectivity index (χ0n) is 19.1. The second kappa shape index (κ2) is 9.76. The minimum Gasteiger partial charge on any atom is -0.345 e. The van der Waals surface area contributed by atoms with Gasteiger partial charge in [0.1, 0.15) is 18.3 Å². The van der Waals surface area contributed by atoms with Crippen LogP contribution in [0.3, 0.4) is 0 Å². The van der Waals surface area contributed by atoms with E-state index in [9.17, 15) is 4.21 Å². The molecule has 1 aromatic carbocycles. The maximum Gasteiger partial charge on any atom is 0.187 e. The van der Waals surface area contributed by atoms with E-state index in [1.165, 1.54) is 0 Å². The summed E-state index contributed by atoms with van der Waals surface area (Å²) in [6.07, 6.45) is 1.50. The third-order valence-corrected chi connectivity index (χ3v) is 7.01. The van der Waals surface area contributed by atoms with Crippen LogP contribution in [0.2, 0.25) is 0 Å². The summed E-state index contributed by atoms with van der Waals surface area (Å²) in [5, 5.41) is 0. The maximum absolute atomic E-state index is 12.8. The van der Waals surface area contributed by atoms with Crippen LogP contribution in [0.4, 0.5) is 0 Å². The Labute approximate surface area is 183 Å². The molecule has 2 saturated heterocycles. The number of hydrogen-bond acceptors (Lipinski definition) is 5.